The Bertz CT molecular complexity index is 799. The van der Waals surface area contributed by atoms with E-state index in [0.717, 1.165) is 5.56 Å². The normalized spacial score (nSPS) is 25.1. The summed E-state index contributed by atoms with van der Waals surface area (Å²) in [6.45, 7) is 0. The van der Waals surface area contributed by atoms with E-state index in [0.29, 0.717) is 42.1 Å². The summed E-state index contributed by atoms with van der Waals surface area (Å²) < 4.78 is 25.6. The molecule has 4 nitrogen and oxygen atoms in total. The second kappa shape index (κ2) is 8.61. The van der Waals surface area contributed by atoms with Crippen LogP contribution in [-0.4, -0.2) is 29.7 Å². The first kappa shape index (κ1) is 19.5. The molecule has 0 amide bonds. The molecule has 144 valence electrons. The van der Waals surface area contributed by atoms with Crippen LogP contribution in [0.2, 0.25) is 0 Å². The molecule has 1 aromatic rings. The lowest BCUT2D eigenvalue weighted by Gasteiger charge is -2.23. The highest BCUT2D eigenvalue weighted by Gasteiger charge is 2.24. The molecule has 0 fully saturated rings. The lowest BCUT2D eigenvalue weighted by molar-refractivity contribution is -0.137. The van der Waals surface area contributed by atoms with Gasteiger partial charge in [0.2, 0.25) is 0 Å². The molecule has 2 aliphatic rings. The zero-order valence-corrected chi connectivity index (χ0v) is 15.8. The van der Waals surface area contributed by atoms with Gasteiger partial charge in [-0.3, -0.25) is 4.79 Å². The van der Waals surface area contributed by atoms with Gasteiger partial charge in [0.15, 0.2) is 0 Å². The number of ether oxygens (including phenoxy) is 2. The fraction of sp³-hybridized carbons (Fsp3) is 0.381. The van der Waals surface area contributed by atoms with Crippen LogP contribution in [0.15, 0.2) is 54.0 Å². The summed E-state index contributed by atoms with van der Waals surface area (Å²) in [6, 6.07) is 7.26. The fourth-order valence-electron chi connectivity index (χ4n) is 3.39. The number of hydrogen-bond acceptors (Lipinski definition) is 3. The van der Waals surface area contributed by atoms with Crippen molar-refractivity contribution in [1.82, 2.24) is 0 Å². The van der Waals surface area contributed by atoms with E-state index >= 15 is 0 Å². The number of carbonyl (C=O) groups is 1. The summed E-state index contributed by atoms with van der Waals surface area (Å²) in [5.41, 5.74) is 1.40. The van der Waals surface area contributed by atoms with Gasteiger partial charge in [-0.2, -0.15) is 0 Å². The number of alkyl halides is 2. The molecule has 0 saturated carbocycles. The van der Waals surface area contributed by atoms with Crippen LogP contribution < -0.4 is 4.74 Å². The van der Waals surface area contributed by atoms with Gasteiger partial charge in [0, 0.05) is 17.9 Å². The van der Waals surface area contributed by atoms with Gasteiger partial charge in [-0.05, 0) is 48.1 Å². The van der Waals surface area contributed by atoms with Gasteiger partial charge in [0.25, 0.3) is 0 Å². The van der Waals surface area contributed by atoms with E-state index in [1.165, 1.54) is 7.11 Å². The molecular formula is C21H22ClFO4. The second-order valence-electron chi connectivity index (χ2n) is 6.77. The van der Waals surface area contributed by atoms with Crippen molar-refractivity contribution in [3.05, 3.63) is 59.6 Å². The number of halogens is 2. The molecule has 1 N–H and O–H groups in total. The summed E-state index contributed by atoms with van der Waals surface area (Å²) in [5.74, 6) is 0.702. The highest BCUT2D eigenvalue weighted by atomic mass is 35.5. The lowest BCUT2D eigenvalue weighted by atomic mass is 9.91. The number of rotatable bonds is 6. The Morgan fingerprint density at radius 1 is 1.41 bits per heavy atom. The Balaban J connectivity index is 1.77. The van der Waals surface area contributed by atoms with Crippen LogP contribution in [0, 0.1) is 5.92 Å². The molecule has 1 aromatic carbocycles. The van der Waals surface area contributed by atoms with Crippen LogP contribution in [0.1, 0.15) is 31.2 Å². The van der Waals surface area contributed by atoms with Crippen LogP contribution >= 0.6 is 11.6 Å². The molecule has 3 atom stereocenters. The molecular weight excluding hydrogens is 371 g/mol. The monoisotopic (exact) mass is 392 g/mol. The summed E-state index contributed by atoms with van der Waals surface area (Å²) in [4.78, 5) is 11.0. The standard InChI is InChI=1S/C21H22ClFO4/c1-26-17-7-13(9-21(24)25)8-18(12-17)27-16-4-2-3-14(10-16)19-6-5-15(22)11-20(19)23/h2-4,6-7,10,12-13,15,20H,5,8-9,11H2,1H3,(H,24,25). The van der Waals surface area contributed by atoms with E-state index in [2.05, 4.69) is 0 Å². The molecule has 0 aromatic heterocycles. The molecule has 3 unspecified atom stereocenters. The Morgan fingerprint density at radius 3 is 2.93 bits per heavy atom. The van der Waals surface area contributed by atoms with Gasteiger partial charge in [0.05, 0.1) is 13.5 Å². The average Bonchev–Trinajstić information content (AvgIpc) is 2.61. The van der Waals surface area contributed by atoms with E-state index in [4.69, 9.17) is 26.2 Å². The molecule has 6 heteroatoms. The van der Waals surface area contributed by atoms with Crippen molar-refractivity contribution in [2.45, 2.75) is 37.2 Å². The minimum absolute atomic E-state index is 0.00358. The minimum Gasteiger partial charge on any atom is -0.497 e. The zero-order valence-electron chi connectivity index (χ0n) is 15.0. The Kier molecular flexibility index (Phi) is 6.22. The number of allylic oxidation sites excluding steroid dienone is 5. The van der Waals surface area contributed by atoms with Gasteiger partial charge in [0.1, 0.15) is 23.4 Å². The number of methoxy groups -OCH3 is 1. The zero-order chi connectivity index (χ0) is 19.4. The third kappa shape index (κ3) is 5.13. The van der Waals surface area contributed by atoms with E-state index in [-0.39, 0.29) is 17.7 Å². The minimum atomic E-state index is -1.09. The molecule has 0 saturated heterocycles. The molecule has 0 aliphatic heterocycles. The predicted molar refractivity (Wildman–Crippen MR) is 102 cm³/mol. The third-order valence-electron chi connectivity index (χ3n) is 4.65. The van der Waals surface area contributed by atoms with Gasteiger partial charge < -0.3 is 14.6 Å². The molecule has 0 spiro atoms. The SMILES string of the molecule is COC1=CC(CC(=O)O)CC(Oc2cccc(C3=CCC(Cl)CC3F)c2)=C1. The molecule has 27 heavy (non-hydrogen) atoms. The van der Waals surface area contributed by atoms with Crippen LogP contribution in [0.3, 0.4) is 0 Å². The highest BCUT2D eigenvalue weighted by Crippen LogP contribution is 2.34. The highest BCUT2D eigenvalue weighted by molar-refractivity contribution is 6.21. The first-order valence-electron chi connectivity index (χ1n) is 8.89. The number of benzene rings is 1. The summed E-state index contributed by atoms with van der Waals surface area (Å²) >= 11 is 6.03. The van der Waals surface area contributed by atoms with E-state index < -0.39 is 12.1 Å². The Hall–Kier alpha value is -2.27. The van der Waals surface area contributed by atoms with Crippen molar-refractivity contribution in [3.63, 3.8) is 0 Å². The maximum Gasteiger partial charge on any atom is 0.303 e. The van der Waals surface area contributed by atoms with Crippen molar-refractivity contribution in [2.75, 3.05) is 7.11 Å². The van der Waals surface area contributed by atoms with Crippen LogP contribution in [0.4, 0.5) is 4.39 Å². The Labute approximate surface area is 162 Å². The number of aliphatic carboxylic acids is 1. The van der Waals surface area contributed by atoms with Crippen molar-refractivity contribution >= 4 is 23.1 Å². The molecule has 2 aliphatic carbocycles. The van der Waals surface area contributed by atoms with Crippen molar-refractivity contribution in [1.29, 1.82) is 0 Å². The molecule has 0 bridgehead atoms. The van der Waals surface area contributed by atoms with E-state index in [1.54, 1.807) is 24.3 Å². The maximum absolute atomic E-state index is 14.4. The van der Waals surface area contributed by atoms with Crippen molar-refractivity contribution in [3.8, 4) is 5.75 Å². The first-order valence-corrected chi connectivity index (χ1v) is 9.33. The quantitative estimate of drug-likeness (QED) is 0.684. The lowest BCUT2D eigenvalue weighted by Crippen LogP contribution is -2.16. The molecule has 0 heterocycles. The molecule has 3 rings (SSSR count). The van der Waals surface area contributed by atoms with Crippen molar-refractivity contribution in [2.24, 2.45) is 5.92 Å². The first-order chi connectivity index (χ1) is 12.9. The topological polar surface area (TPSA) is 55.8 Å². The van der Waals surface area contributed by atoms with Crippen LogP contribution in [0.25, 0.3) is 5.57 Å². The summed E-state index contributed by atoms with van der Waals surface area (Å²) in [5, 5.41) is 8.88. The summed E-state index contributed by atoms with van der Waals surface area (Å²) in [7, 11) is 1.53. The van der Waals surface area contributed by atoms with Crippen LogP contribution in [-0.2, 0) is 9.53 Å². The van der Waals surface area contributed by atoms with Crippen LogP contribution in [0.5, 0.6) is 5.75 Å². The van der Waals surface area contributed by atoms with Gasteiger partial charge in [-0.15, -0.1) is 11.6 Å². The van der Waals surface area contributed by atoms with Gasteiger partial charge in [-0.1, -0.05) is 18.2 Å². The third-order valence-corrected chi connectivity index (χ3v) is 5.01. The van der Waals surface area contributed by atoms with E-state index in [9.17, 15) is 9.18 Å². The number of hydrogen-bond donors (Lipinski definition) is 1. The number of carboxylic acids is 1. The van der Waals surface area contributed by atoms with Gasteiger partial charge >= 0.3 is 5.97 Å². The number of carboxylic acid groups (broad SMARTS) is 1. The molecule has 0 radical (unpaired) electrons. The smallest absolute Gasteiger partial charge is 0.303 e. The maximum atomic E-state index is 14.4. The van der Waals surface area contributed by atoms with Crippen molar-refractivity contribution < 1.29 is 23.8 Å². The second-order valence-corrected chi connectivity index (χ2v) is 7.39. The fourth-order valence-corrected chi connectivity index (χ4v) is 3.63. The summed E-state index contributed by atoms with van der Waals surface area (Å²) in [6.07, 6.45) is 5.72. The van der Waals surface area contributed by atoms with E-state index in [1.807, 2.05) is 18.2 Å². The largest absolute Gasteiger partial charge is 0.497 e. The average molecular weight is 393 g/mol. The van der Waals surface area contributed by atoms with Gasteiger partial charge in [-0.25, -0.2) is 4.39 Å². The predicted octanol–water partition coefficient (Wildman–Crippen LogP) is 5.10. The Morgan fingerprint density at radius 2 is 2.22 bits per heavy atom.